The molecular formula is C20H26N4O3. The Morgan fingerprint density at radius 1 is 1.37 bits per heavy atom. The van der Waals surface area contributed by atoms with Gasteiger partial charge in [0.15, 0.2) is 0 Å². The van der Waals surface area contributed by atoms with Crippen LogP contribution >= 0.6 is 0 Å². The Labute approximate surface area is 159 Å². The number of unbranched alkanes of at least 4 members (excludes halogenated alkanes) is 1. The molecule has 27 heavy (non-hydrogen) atoms. The van der Waals surface area contributed by atoms with E-state index in [0.717, 1.165) is 30.8 Å². The maximum Gasteiger partial charge on any atom is 0.321 e. The van der Waals surface area contributed by atoms with Gasteiger partial charge in [-0.1, -0.05) is 25.5 Å². The van der Waals surface area contributed by atoms with Gasteiger partial charge in [-0.3, -0.25) is 4.79 Å². The number of rotatable bonds is 6. The first-order chi connectivity index (χ1) is 13.1. The van der Waals surface area contributed by atoms with Gasteiger partial charge in [-0.2, -0.15) is 0 Å². The van der Waals surface area contributed by atoms with Gasteiger partial charge < -0.3 is 19.9 Å². The predicted molar refractivity (Wildman–Crippen MR) is 104 cm³/mol. The van der Waals surface area contributed by atoms with Crippen molar-refractivity contribution in [2.24, 2.45) is 5.92 Å². The fourth-order valence-corrected chi connectivity index (χ4v) is 3.38. The summed E-state index contributed by atoms with van der Waals surface area (Å²) in [4.78, 5) is 29.8. The molecular weight excluding hydrogens is 344 g/mol. The predicted octanol–water partition coefficient (Wildman–Crippen LogP) is 3.68. The summed E-state index contributed by atoms with van der Waals surface area (Å²) in [5, 5.41) is 12.1. The summed E-state index contributed by atoms with van der Waals surface area (Å²) < 4.78 is 2.12. The lowest BCUT2D eigenvalue weighted by Crippen LogP contribution is -2.44. The zero-order chi connectivity index (χ0) is 19.2. The van der Waals surface area contributed by atoms with E-state index in [1.807, 2.05) is 30.5 Å². The van der Waals surface area contributed by atoms with E-state index in [2.05, 4.69) is 21.8 Å². The van der Waals surface area contributed by atoms with Gasteiger partial charge in [0.25, 0.3) is 0 Å². The van der Waals surface area contributed by atoms with Gasteiger partial charge in [-0.05, 0) is 31.4 Å². The minimum Gasteiger partial charge on any atom is -0.481 e. The number of likely N-dealkylation sites (tertiary alicyclic amines) is 1. The molecule has 144 valence electrons. The second-order valence-corrected chi connectivity index (χ2v) is 6.93. The minimum absolute atomic E-state index is 0.252. The van der Waals surface area contributed by atoms with Gasteiger partial charge in [-0.15, -0.1) is 0 Å². The first kappa shape index (κ1) is 18.9. The number of amides is 2. The highest BCUT2D eigenvalue weighted by Gasteiger charge is 2.28. The van der Waals surface area contributed by atoms with E-state index in [4.69, 9.17) is 0 Å². The summed E-state index contributed by atoms with van der Waals surface area (Å²) in [5.41, 5.74) is 1.62. The number of hydrogen-bond acceptors (Lipinski definition) is 3. The van der Waals surface area contributed by atoms with Crippen molar-refractivity contribution < 1.29 is 14.7 Å². The number of carbonyl (C=O) groups is 2. The minimum atomic E-state index is -0.839. The number of aliphatic carboxylic acids is 1. The van der Waals surface area contributed by atoms with Crippen LogP contribution in [-0.4, -0.2) is 44.6 Å². The third-order valence-corrected chi connectivity index (χ3v) is 4.90. The number of aromatic nitrogens is 2. The monoisotopic (exact) mass is 370 g/mol. The average Bonchev–Trinajstić information content (AvgIpc) is 3.15. The Hall–Kier alpha value is -2.83. The van der Waals surface area contributed by atoms with Crippen LogP contribution in [-0.2, 0) is 11.3 Å². The Balaban J connectivity index is 1.70. The van der Waals surface area contributed by atoms with E-state index in [1.165, 1.54) is 0 Å². The van der Waals surface area contributed by atoms with E-state index in [9.17, 15) is 14.7 Å². The normalized spacial score (nSPS) is 16.9. The van der Waals surface area contributed by atoms with Crippen LogP contribution in [0.25, 0.3) is 11.4 Å². The maximum absolute atomic E-state index is 12.5. The number of hydrogen-bond donors (Lipinski definition) is 2. The number of nitrogens with zero attached hydrogens (tertiary/aromatic N) is 3. The molecule has 2 N–H and O–H groups in total. The fourth-order valence-electron chi connectivity index (χ4n) is 3.38. The molecule has 1 aliphatic rings. The molecule has 1 aromatic heterocycles. The van der Waals surface area contributed by atoms with Crippen LogP contribution in [0.15, 0.2) is 36.7 Å². The van der Waals surface area contributed by atoms with Crippen molar-refractivity contribution in [1.29, 1.82) is 0 Å². The number of imidazole rings is 1. The van der Waals surface area contributed by atoms with Crippen LogP contribution in [0.4, 0.5) is 10.5 Å². The summed E-state index contributed by atoms with van der Waals surface area (Å²) in [6, 6.07) is 7.34. The third kappa shape index (κ3) is 4.67. The highest BCUT2D eigenvalue weighted by atomic mass is 16.4. The molecule has 0 radical (unpaired) electrons. The van der Waals surface area contributed by atoms with Crippen molar-refractivity contribution in [3.8, 4) is 11.4 Å². The van der Waals surface area contributed by atoms with E-state index < -0.39 is 11.9 Å². The van der Waals surface area contributed by atoms with Crippen LogP contribution in [0, 0.1) is 5.92 Å². The summed E-state index contributed by atoms with van der Waals surface area (Å²) in [5.74, 6) is -0.446. The smallest absolute Gasteiger partial charge is 0.321 e. The number of piperidine rings is 1. The molecule has 0 spiro atoms. The van der Waals surface area contributed by atoms with Gasteiger partial charge in [-0.25, -0.2) is 9.78 Å². The molecule has 7 heteroatoms. The molecule has 2 aromatic rings. The first-order valence-electron chi connectivity index (χ1n) is 9.48. The zero-order valence-electron chi connectivity index (χ0n) is 15.6. The van der Waals surface area contributed by atoms with Crippen LogP contribution in [0.2, 0.25) is 0 Å². The molecule has 1 atom stereocenters. The van der Waals surface area contributed by atoms with Gasteiger partial charge in [0.2, 0.25) is 0 Å². The largest absolute Gasteiger partial charge is 0.481 e. The summed E-state index contributed by atoms with van der Waals surface area (Å²) in [6.45, 7) is 3.90. The van der Waals surface area contributed by atoms with Gasteiger partial charge in [0.05, 0.1) is 5.92 Å². The molecule has 0 aliphatic carbocycles. The highest BCUT2D eigenvalue weighted by molar-refractivity contribution is 5.90. The molecule has 1 unspecified atom stereocenters. The lowest BCUT2D eigenvalue weighted by Gasteiger charge is -2.30. The molecule has 3 rings (SSSR count). The lowest BCUT2D eigenvalue weighted by atomic mass is 9.99. The van der Waals surface area contributed by atoms with Crippen molar-refractivity contribution in [3.63, 3.8) is 0 Å². The van der Waals surface area contributed by atoms with Gasteiger partial charge in [0, 0.05) is 43.3 Å². The zero-order valence-corrected chi connectivity index (χ0v) is 15.6. The number of carbonyl (C=O) groups excluding carboxylic acids is 1. The van der Waals surface area contributed by atoms with Crippen LogP contribution in [0.3, 0.4) is 0 Å². The molecule has 1 saturated heterocycles. The fraction of sp³-hybridized carbons (Fsp3) is 0.450. The quantitative estimate of drug-likeness (QED) is 0.812. The average molecular weight is 370 g/mol. The topological polar surface area (TPSA) is 87.5 Å². The first-order valence-corrected chi connectivity index (χ1v) is 9.48. The molecule has 2 heterocycles. The summed E-state index contributed by atoms with van der Waals surface area (Å²) >= 11 is 0. The van der Waals surface area contributed by atoms with E-state index >= 15 is 0 Å². The molecule has 7 nitrogen and oxygen atoms in total. The Kier molecular flexibility index (Phi) is 6.11. The molecule has 1 aromatic carbocycles. The maximum atomic E-state index is 12.5. The van der Waals surface area contributed by atoms with Crippen molar-refractivity contribution in [1.82, 2.24) is 14.5 Å². The molecule has 0 bridgehead atoms. The SMILES string of the molecule is CCCCn1ccnc1-c1cccc(NC(=O)N2CCCC(C(=O)O)C2)c1. The van der Waals surface area contributed by atoms with E-state index in [1.54, 1.807) is 11.1 Å². The molecule has 0 saturated carbocycles. The Morgan fingerprint density at radius 3 is 3.00 bits per heavy atom. The lowest BCUT2D eigenvalue weighted by molar-refractivity contribution is -0.143. The number of urea groups is 1. The van der Waals surface area contributed by atoms with E-state index in [0.29, 0.717) is 25.1 Å². The van der Waals surface area contributed by atoms with Gasteiger partial charge >= 0.3 is 12.0 Å². The highest BCUT2D eigenvalue weighted by Crippen LogP contribution is 2.23. The second kappa shape index (κ2) is 8.70. The molecule has 1 fully saturated rings. The van der Waals surface area contributed by atoms with E-state index in [-0.39, 0.29) is 12.6 Å². The number of anilines is 1. The van der Waals surface area contributed by atoms with Crippen LogP contribution in [0.1, 0.15) is 32.6 Å². The number of carboxylic acids is 1. The number of nitrogens with one attached hydrogen (secondary N) is 1. The van der Waals surface area contributed by atoms with Crippen molar-refractivity contribution in [3.05, 3.63) is 36.7 Å². The molecule has 1 aliphatic heterocycles. The van der Waals surface area contributed by atoms with Crippen molar-refractivity contribution in [2.75, 3.05) is 18.4 Å². The van der Waals surface area contributed by atoms with Gasteiger partial charge in [0.1, 0.15) is 5.82 Å². The number of carboxylic acid groups (broad SMARTS) is 1. The number of benzene rings is 1. The van der Waals surface area contributed by atoms with Crippen molar-refractivity contribution >= 4 is 17.7 Å². The molecule has 2 amide bonds. The second-order valence-electron chi connectivity index (χ2n) is 6.93. The Bertz CT molecular complexity index is 802. The third-order valence-electron chi connectivity index (χ3n) is 4.90. The Morgan fingerprint density at radius 2 is 2.22 bits per heavy atom. The standard InChI is InChI=1S/C20H26N4O3/c1-2-3-10-23-12-9-21-18(23)15-6-4-8-17(13-15)22-20(27)24-11-5-7-16(14-24)19(25)26/h4,6,8-9,12-13,16H,2-3,5,7,10-11,14H2,1H3,(H,22,27)(H,25,26). The number of aryl methyl sites for hydroxylation is 1. The summed E-state index contributed by atoms with van der Waals surface area (Å²) in [7, 11) is 0. The van der Waals surface area contributed by atoms with Crippen LogP contribution in [0.5, 0.6) is 0 Å². The van der Waals surface area contributed by atoms with Crippen molar-refractivity contribution in [2.45, 2.75) is 39.2 Å². The summed E-state index contributed by atoms with van der Waals surface area (Å²) in [6.07, 6.45) is 7.28. The van der Waals surface area contributed by atoms with Crippen LogP contribution < -0.4 is 5.32 Å².